The topological polar surface area (TPSA) is 9.72 Å². The molecule has 3 aromatic rings. The van der Waals surface area contributed by atoms with Crippen LogP contribution in [-0.4, -0.2) is 40.1 Å². The first-order valence-corrected chi connectivity index (χ1v) is 11.2. The summed E-state index contributed by atoms with van der Waals surface area (Å²) in [6.45, 7) is 5.44. The summed E-state index contributed by atoms with van der Waals surface area (Å²) in [5.41, 5.74) is 4.25. The molecule has 2 atom stereocenters. The average molecular weight is 398 g/mol. The molecule has 2 heterocycles. The van der Waals surface area contributed by atoms with E-state index in [1.54, 1.807) is 0 Å². The number of fused-ring (bicyclic) bond motifs is 2. The number of benzene rings is 3. The van der Waals surface area contributed by atoms with Crippen LogP contribution in [0, 0.1) is 0 Å². The van der Waals surface area contributed by atoms with Crippen LogP contribution in [0.5, 0.6) is 0 Å². The largest absolute Gasteiger partial charge is 0.283 e. The number of hydrogen-bond donors (Lipinski definition) is 0. The Morgan fingerprint density at radius 3 is 1.27 bits per heavy atom. The molecular formula is C27H31N3. The normalized spacial score (nSPS) is 22.8. The Morgan fingerprint density at radius 2 is 0.867 bits per heavy atom. The highest BCUT2D eigenvalue weighted by Crippen LogP contribution is 2.33. The van der Waals surface area contributed by atoms with Gasteiger partial charge >= 0.3 is 0 Å². The highest BCUT2D eigenvalue weighted by molar-refractivity contribution is 5.18. The van der Waals surface area contributed by atoms with Crippen LogP contribution in [0.4, 0.5) is 0 Å². The van der Waals surface area contributed by atoms with E-state index in [2.05, 4.69) is 106 Å². The maximum Gasteiger partial charge on any atom is 0.0654 e. The van der Waals surface area contributed by atoms with Gasteiger partial charge in [0.1, 0.15) is 0 Å². The maximum atomic E-state index is 2.76. The van der Waals surface area contributed by atoms with E-state index in [-0.39, 0.29) is 0 Å². The molecule has 30 heavy (non-hydrogen) atoms. The fourth-order valence-electron chi connectivity index (χ4n) is 5.19. The van der Waals surface area contributed by atoms with Gasteiger partial charge in [0, 0.05) is 32.7 Å². The molecule has 0 spiro atoms. The number of nitrogens with zero attached hydrogens (tertiary/aromatic N) is 3. The minimum absolute atomic E-state index is 0.510. The molecule has 3 heteroatoms. The van der Waals surface area contributed by atoms with E-state index in [1.165, 1.54) is 42.6 Å². The van der Waals surface area contributed by atoms with Gasteiger partial charge in [-0.05, 0) is 29.5 Å². The van der Waals surface area contributed by atoms with E-state index < -0.39 is 0 Å². The predicted octanol–water partition coefficient (Wildman–Crippen LogP) is 4.95. The molecule has 0 radical (unpaired) electrons. The van der Waals surface area contributed by atoms with Crippen molar-refractivity contribution in [1.82, 2.24) is 14.7 Å². The summed E-state index contributed by atoms with van der Waals surface area (Å²) in [5, 5.41) is 0. The third-order valence-electron chi connectivity index (χ3n) is 6.62. The average Bonchev–Trinajstić information content (AvgIpc) is 2.79. The summed E-state index contributed by atoms with van der Waals surface area (Å²) in [4.78, 5) is 8.16. The SMILES string of the molecule is c1ccc(CN2CC[C@@H]3N(Cc4ccccc4)CCC2N3Cc2ccccc2)cc1. The molecule has 154 valence electrons. The lowest BCUT2D eigenvalue weighted by Crippen LogP contribution is -2.66. The fourth-order valence-corrected chi connectivity index (χ4v) is 5.19. The molecular weight excluding hydrogens is 366 g/mol. The van der Waals surface area contributed by atoms with Gasteiger partial charge in [-0.3, -0.25) is 14.7 Å². The van der Waals surface area contributed by atoms with Crippen LogP contribution in [-0.2, 0) is 19.6 Å². The minimum atomic E-state index is 0.510. The van der Waals surface area contributed by atoms with Crippen molar-refractivity contribution >= 4 is 0 Å². The monoisotopic (exact) mass is 397 g/mol. The maximum absolute atomic E-state index is 2.76. The van der Waals surface area contributed by atoms with Crippen LogP contribution < -0.4 is 0 Å². The van der Waals surface area contributed by atoms with Gasteiger partial charge in [-0.15, -0.1) is 0 Å². The Bertz CT molecular complexity index is 855. The molecule has 0 aliphatic carbocycles. The van der Waals surface area contributed by atoms with Gasteiger partial charge in [0.05, 0.1) is 12.3 Å². The highest BCUT2D eigenvalue weighted by atomic mass is 15.5. The summed E-state index contributed by atoms with van der Waals surface area (Å²) in [5.74, 6) is 0. The summed E-state index contributed by atoms with van der Waals surface area (Å²) in [7, 11) is 0. The van der Waals surface area contributed by atoms with Gasteiger partial charge in [0.15, 0.2) is 0 Å². The summed E-state index contributed by atoms with van der Waals surface area (Å²) in [6.07, 6.45) is 3.42. The van der Waals surface area contributed by atoms with E-state index in [0.717, 1.165) is 19.6 Å². The minimum Gasteiger partial charge on any atom is -0.283 e. The first-order chi connectivity index (χ1) is 14.9. The van der Waals surface area contributed by atoms with Crippen molar-refractivity contribution in [2.75, 3.05) is 13.1 Å². The van der Waals surface area contributed by atoms with E-state index in [1.807, 2.05) is 0 Å². The third kappa shape index (κ3) is 4.34. The van der Waals surface area contributed by atoms with Crippen molar-refractivity contribution in [1.29, 1.82) is 0 Å². The van der Waals surface area contributed by atoms with Gasteiger partial charge in [0.25, 0.3) is 0 Å². The molecule has 2 fully saturated rings. The van der Waals surface area contributed by atoms with Gasteiger partial charge in [-0.2, -0.15) is 0 Å². The Balaban J connectivity index is 1.37. The smallest absolute Gasteiger partial charge is 0.0654 e. The van der Waals surface area contributed by atoms with E-state index in [4.69, 9.17) is 0 Å². The fraction of sp³-hybridized carbons (Fsp3) is 0.333. The van der Waals surface area contributed by atoms with Crippen LogP contribution in [0.1, 0.15) is 29.5 Å². The van der Waals surface area contributed by atoms with Gasteiger partial charge in [-0.25, -0.2) is 0 Å². The van der Waals surface area contributed by atoms with Gasteiger partial charge in [0.2, 0.25) is 0 Å². The molecule has 2 bridgehead atoms. The summed E-state index contributed by atoms with van der Waals surface area (Å²) >= 11 is 0. The molecule has 3 nitrogen and oxygen atoms in total. The van der Waals surface area contributed by atoms with Crippen LogP contribution in [0.3, 0.4) is 0 Å². The molecule has 0 N–H and O–H groups in total. The Morgan fingerprint density at radius 1 is 0.500 bits per heavy atom. The van der Waals surface area contributed by atoms with Crippen LogP contribution in [0.15, 0.2) is 91.0 Å². The third-order valence-corrected chi connectivity index (χ3v) is 6.62. The van der Waals surface area contributed by atoms with E-state index in [0.29, 0.717) is 12.3 Å². The Labute approximate surface area is 180 Å². The molecule has 1 unspecified atom stereocenters. The van der Waals surface area contributed by atoms with Crippen molar-refractivity contribution in [3.63, 3.8) is 0 Å². The highest BCUT2D eigenvalue weighted by Gasteiger charge is 2.41. The molecule has 3 aromatic carbocycles. The van der Waals surface area contributed by atoms with Crippen molar-refractivity contribution in [3.8, 4) is 0 Å². The second-order valence-electron chi connectivity index (χ2n) is 8.61. The van der Waals surface area contributed by atoms with Crippen molar-refractivity contribution < 1.29 is 0 Å². The lowest BCUT2D eigenvalue weighted by molar-refractivity contribution is -0.140. The Kier molecular flexibility index (Phi) is 5.94. The molecule has 0 aromatic heterocycles. The van der Waals surface area contributed by atoms with Crippen molar-refractivity contribution in [2.45, 2.75) is 44.8 Å². The lowest BCUT2D eigenvalue weighted by atomic mass is 10.00. The molecule has 0 saturated carbocycles. The van der Waals surface area contributed by atoms with Gasteiger partial charge < -0.3 is 0 Å². The lowest BCUT2D eigenvalue weighted by Gasteiger charge is -2.56. The number of hydrogen-bond acceptors (Lipinski definition) is 3. The zero-order valence-corrected chi connectivity index (χ0v) is 17.6. The first-order valence-electron chi connectivity index (χ1n) is 11.2. The van der Waals surface area contributed by atoms with Crippen molar-refractivity contribution in [2.24, 2.45) is 0 Å². The second kappa shape index (κ2) is 9.13. The zero-order chi connectivity index (χ0) is 20.2. The quantitative estimate of drug-likeness (QED) is 0.582. The summed E-state index contributed by atoms with van der Waals surface area (Å²) in [6, 6.07) is 32.9. The predicted molar refractivity (Wildman–Crippen MR) is 122 cm³/mol. The van der Waals surface area contributed by atoms with Crippen LogP contribution in [0.25, 0.3) is 0 Å². The van der Waals surface area contributed by atoms with Crippen molar-refractivity contribution in [3.05, 3.63) is 108 Å². The van der Waals surface area contributed by atoms with Crippen LogP contribution >= 0.6 is 0 Å². The number of rotatable bonds is 6. The van der Waals surface area contributed by atoms with Gasteiger partial charge in [-0.1, -0.05) is 91.0 Å². The molecule has 2 saturated heterocycles. The van der Waals surface area contributed by atoms with Crippen LogP contribution in [0.2, 0.25) is 0 Å². The summed E-state index contributed by atoms with van der Waals surface area (Å²) < 4.78 is 0. The zero-order valence-electron chi connectivity index (χ0n) is 17.6. The standard InChI is InChI=1S/C27H31N3/c1-4-10-23(11-5-1)20-28-18-16-27-29(21-24-12-6-2-7-13-24)19-17-26(28)30(27)22-25-14-8-3-9-15-25/h1-15,26-27H,16-22H2/t26-,27?/m1/s1. The van der Waals surface area contributed by atoms with E-state index >= 15 is 0 Å². The first kappa shape index (κ1) is 19.5. The molecule has 2 aliphatic heterocycles. The van der Waals surface area contributed by atoms with E-state index in [9.17, 15) is 0 Å². The second-order valence-corrected chi connectivity index (χ2v) is 8.61. The Hall–Kier alpha value is -2.46. The molecule has 5 rings (SSSR count). The molecule has 0 amide bonds. The molecule has 2 aliphatic rings.